The summed E-state index contributed by atoms with van der Waals surface area (Å²) in [6.07, 6.45) is 3.38. The van der Waals surface area contributed by atoms with E-state index in [9.17, 15) is 4.79 Å². The smallest absolute Gasteiger partial charge is 0.410 e. The van der Waals surface area contributed by atoms with Gasteiger partial charge in [0.05, 0.1) is 6.61 Å². The van der Waals surface area contributed by atoms with E-state index in [1.807, 2.05) is 26.8 Å². The Bertz CT molecular complexity index is 278. The van der Waals surface area contributed by atoms with Crippen LogP contribution in [0.3, 0.4) is 0 Å². The van der Waals surface area contributed by atoms with Crippen molar-refractivity contribution in [2.45, 2.75) is 39.2 Å². The van der Waals surface area contributed by atoms with Gasteiger partial charge in [-0.05, 0) is 39.2 Å². The maximum absolute atomic E-state index is 11.8. The average molecular weight is 227 g/mol. The number of ether oxygens (including phenoxy) is 1. The number of rotatable bonds is 1. The minimum absolute atomic E-state index is 0.0855. The van der Waals surface area contributed by atoms with Gasteiger partial charge in [-0.15, -0.1) is 0 Å². The molecule has 92 valence electrons. The van der Waals surface area contributed by atoms with Crippen molar-refractivity contribution in [3.05, 3.63) is 11.6 Å². The molecule has 0 aromatic heterocycles. The monoisotopic (exact) mass is 227 g/mol. The fourth-order valence-corrected chi connectivity index (χ4v) is 1.57. The van der Waals surface area contributed by atoms with Crippen LogP contribution in [0.15, 0.2) is 11.6 Å². The predicted octanol–water partition coefficient (Wildman–Crippen LogP) is 1.94. The van der Waals surface area contributed by atoms with Crippen molar-refractivity contribution in [2.75, 3.05) is 19.7 Å². The highest BCUT2D eigenvalue weighted by atomic mass is 16.6. The second kappa shape index (κ2) is 5.34. The normalized spacial score (nSPS) is 17.8. The van der Waals surface area contributed by atoms with Gasteiger partial charge in [0.25, 0.3) is 0 Å². The average Bonchev–Trinajstić information content (AvgIpc) is 2.39. The SMILES string of the molecule is CC(C)(C)OC(=O)N1CC=C(CO)CCC1. The van der Waals surface area contributed by atoms with Crippen molar-refractivity contribution in [1.29, 1.82) is 0 Å². The molecule has 0 spiro atoms. The number of carbonyl (C=O) groups is 1. The van der Waals surface area contributed by atoms with Crippen molar-refractivity contribution in [1.82, 2.24) is 4.90 Å². The first-order valence-electron chi connectivity index (χ1n) is 5.69. The van der Waals surface area contributed by atoms with Crippen LogP contribution in [0, 0.1) is 0 Å². The van der Waals surface area contributed by atoms with Gasteiger partial charge in [0, 0.05) is 13.1 Å². The predicted molar refractivity (Wildman–Crippen MR) is 62.2 cm³/mol. The van der Waals surface area contributed by atoms with Gasteiger partial charge in [-0.2, -0.15) is 0 Å². The number of hydrogen-bond donors (Lipinski definition) is 1. The standard InChI is InChI=1S/C12H21NO3/c1-12(2,3)16-11(15)13-7-4-5-10(9-14)6-8-13/h6,14H,4-5,7-9H2,1-3H3. The lowest BCUT2D eigenvalue weighted by molar-refractivity contribution is 0.0273. The highest BCUT2D eigenvalue weighted by Crippen LogP contribution is 2.14. The van der Waals surface area contributed by atoms with E-state index in [0.29, 0.717) is 13.1 Å². The number of aliphatic hydroxyl groups excluding tert-OH is 1. The molecule has 0 fully saturated rings. The number of nitrogens with zero attached hydrogens (tertiary/aromatic N) is 1. The van der Waals surface area contributed by atoms with Gasteiger partial charge in [0.1, 0.15) is 5.60 Å². The lowest BCUT2D eigenvalue weighted by atomic mass is 10.1. The quantitative estimate of drug-likeness (QED) is 0.696. The third kappa shape index (κ3) is 4.23. The second-order valence-corrected chi connectivity index (χ2v) is 5.05. The molecule has 1 N–H and O–H groups in total. The zero-order chi connectivity index (χ0) is 12.2. The summed E-state index contributed by atoms with van der Waals surface area (Å²) in [5, 5.41) is 9.02. The van der Waals surface area contributed by atoms with Crippen molar-refractivity contribution < 1.29 is 14.6 Å². The first kappa shape index (κ1) is 13.0. The summed E-state index contributed by atoms with van der Waals surface area (Å²) in [5.74, 6) is 0. The number of hydrogen-bond acceptors (Lipinski definition) is 3. The molecule has 0 aromatic carbocycles. The van der Waals surface area contributed by atoms with Crippen LogP contribution in [0.4, 0.5) is 4.79 Å². The first-order chi connectivity index (χ1) is 7.42. The Morgan fingerprint density at radius 2 is 2.25 bits per heavy atom. The van der Waals surface area contributed by atoms with Crippen LogP contribution in [-0.4, -0.2) is 41.4 Å². The molecule has 16 heavy (non-hydrogen) atoms. The Labute approximate surface area is 96.9 Å². The maximum atomic E-state index is 11.8. The highest BCUT2D eigenvalue weighted by Gasteiger charge is 2.22. The molecule has 4 nitrogen and oxygen atoms in total. The molecule has 0 unspecified atom stereocenters. The molecule has 0 aliphatic carbocycles. The second-order valence-electron chi connectivity index (χ2n) is 5.05. The molecular formula is C12H21NO3. The van der Waals surface area contributed by atoms with Gasteiger partial charge in [-0.3, -0.25) is 0 Å². The summed E-state index contributed by atoms with van der Waals surface area (Å²) in [5.41, 5.74) is 0.554. The van der Waals surface area contributed by atoms with E-state index in [2.05, 4.69) is 0 Å². The Kier molecular flexibility index (Phi) is 4.35. The molecular weight excluding hydrogens is 206 g/mol. The van der Waals surface area contributed by atoms with Crippen molar-refractivity contribution in [2.24, 2.45) is 0 Å². The van der Waals surface area contributed by atoms with Gasteiger partial charge in [0.2, 0.25) is 0 Å². The van der Waals surface area contributed by atoms with Gasteiger partial charge in [0.15, 0.2) is 0 Å². The molecule has 1 aliphatic rings. The van der Waals surface area contributed by atoms with E-state index >= 15 is 0 Å². The molecule has 1 heterocycles. The minimum atomic E-state index is -0.451. The molecule has 1 rings (SSSR count). The van der Waals surface area contributed by atoms with Crippen molar-refractivity contribution in [3.63, 3.8) is 0 Å². The van der Waals surface area contributed by atoms with Crippen LogP contribution in [0.5, 0.6) is 0 Å². The summed E-state index contributed by atoms with van der Waals surface area (Å²) in [6, 6.07) is 0. The summed E-state index contributed by atoms with van der Waals surface area (Å²) >= 11 is 0. The third-order valence-electron chi connectivity index (χ3n) is 2.38. The Morgan fingerprint density at radius 3 is 2.81 bits per heavy atom. The zero-order valence-corrected chi connectivity index (χ0v) is 10.3. The van der Waals surface area contributed by atoms with Crippen LogP contribution in [0.25, 0.3) is 0 Å². The number of carbonyl (C=O) groups excluding carboxylic acids is 1. The van der Waals surface area contributed by atoms with Crippen LogP contribution in [0.1, 0.15) is 33.6 Å². The molecule has 1 amide bonds. The highest BCUT2D eigenvalue weighted by molar-refractivity contribution is 5.68. The van der Waals surface area contributed by atoms with E-state index in [4.69, 9.17) is 9.84 Å². The Hall–Kier alpha value is -1.03. The fourth-order valence-electron chi connectivity index (χ4n) is 1.57. The number of amides is 1. The largest absolute Gasteiger partial charge is 0.444 e. The van der Waals surface area contributed by atoms with Crippen molar-refractivity contribution in [3.8, 4) is 0 Å². The molecule has 1 aliphatic heterocycles. The van der Waals surface area contributed by atoms with Gasteiger partial charge >= 0.3 is 6.09 Å². The molecule has 0 bridgehead atoms. The van der Waals surface area contributed by atoms with E-state index in [1.54, 1.807) is 4.90 Å². The molecule has 0 aromatic rings. The lowest BCUT2D eigenvalue weighted by Gasteiger charge is -2.25. The Balaban J connectivity index is 2.54. The maximum Gasteiger partial charge on any atom is 0.410 e. The van der Waals surface area contributed by atoms with Gasteiger partial charge in [-0.1, -0.05) is 6.08 Å². The Morgan fingerprint density at radius 1 is 1.56 bits per heavy atom. The first-order valence-corrected chi connectivity index (χ1v) is 5.69. The molecule has 0 atom stereocenters. The molecule has 0 saturated carbocycles. The minimum Gasteiger partial charge on any atom is -0.444 e. The van der Waals surface area contributed by atoms with E-state index in [1.165, 1.54) is 0 Å². The zero-order valence-electron chi connectivity index (χ0n) is 10.3. The van der Waals surface area contributed by atoms with E-state index in [-0.39, 0.29) is 12.7 Å². The van der Waals surface area contributed by atoms with E-state index < -0.39 is 5.60 Å². The topological polar surface area (TPSA) is 49.8 Å². The summed E-state index contributed by atoms with van der Waals surface area (Å²) in [4.78, 5) is 13.4. The molecule has 0 radical (unpaired) electrons. The van der Waals surface area contributed by atoms with E-state index in [0.717, 1.165) is 18.4 Å². The number of aliphatic hydroxyl groups is 1. The van der Waals surface area contributed by atoms with Crippen LogP contribution in [-0.2, 0) is 4.74 Å². The fraction of sp³-hybridized carbons (Fsp3) is 0.750. The summed E-state index contributed by atoms with van der Waals surface area (Å²) < 4.78 is 5.30. The molecule has 4 heteroatoms. The van der Waals surface area contributed by atoms with Crippen LogP contribution < -0.4 is 0 Å². The van der Waals surface area contributed by atoms with Crippen LogP contribution >= 0.6 is 0 Å². The third-order valence-corrected chi connectivity index (χ3v) is 2.38. The lowest BCUT2D eigenvalue weighted by Crippen LogP contribution is -2.37. The van der Waals surface area contributed by atoms with Gasteiger partial charge < -0.3 is 14.7 Å². The van der Waals surface area contributed by atoms with Crippen molar-refractivity contribution >= 4 is 6.09 Å². The summed E-state index contributed by atoms with van der Waals surface area (Å²) in [6.45, 7) is 6.88. The molecule has 0 saturated heterocycles. The van der Waals surface area contributed by atoms with Crippen LogP contribution in [0.2, 0.25) is 0 Å². The van der Waals surface area contributed by atoms with Gasteiger partial charge in [-0.25, -0.2) is 4.79 Å². The summed E-state index contributed by atoms with van der Waals surface area (Å²) in [7, 11) is 0.